The number of carbonyl (C=O) groups excluding carboxylic acids is 1. The molecule has 2 N–H and O–H groups in total. The molecule has 18 heavy (non-hydrogen) atoms. The van der Waals surface area contributed by atoms with Crippen molar-refractivity contribution < 1.29 is 4.79 Å². The highest BCUT2D eigenvalue weighted by Crippen LogP contribution is 2.29. The number of hydrogen-bond donors (Lipinski definition) is 2. The summed E-state index contributed by atoms with van der Waals surface area (Å²) in [7, 11) is 0. The number of anilines is 1. The molecule has 4 nitrogen and oxygen atoms in total. The topological polar surface area (TPSA) is 62.0 Å². The van der Waals surface area contributed by atoms with Crippen LogP contribution in [-0.4, -0.2) is 10.9 Å². The van der Waals surface area contributed by atoms with E-state index in [9.17, 15) is 9.59 Å². The Morgan fingerprint density at radius 2 is 1.83 bits per heavy atom. The van der Waals surface area contributed by atoms with Crippen molar-refractivity contribution in [1.82, 2.24) is 4.98 Å². The Balaban J connectivity index is 2.30. The molecule has 92 valence electrons. The first-order valence-electron chi connectivity index (χ1n) is 5.02. The molecular weight excluding hydrogens is 275 g/mol. The third-order valence-electron chi connectivity index (χ3n) is 2.24. The highest BCUT2D eigenvalue weighted by Gasteiger charge is 2.11. The highest BCUT2D eigenvalue weighted by molar-refractivity contribution is 6.40. The van der Waals surface area contributed by atoms with Gasteiger partial charge in [0.2, 0.25) is 5.56 Å². The van der Waals surface area contributed by atoms with E-state index in [-0.39, 0.29) is 11.1 Å². The molecule has 0 aliphatic heterocycles. The van der Waals surface area contributed by atoms with E-state index in [1.54, 1.807) is 18.2 Å². The lowest BCUT2D eigenvalue weighted by Crippen LogP contribution is -2.16. The summed E-state index contributed by atoms with van der Waals surface area (Å²) in [5, 5.41) is 3.23. The number of carbonyl (C=O) groups is 1. The standard InChI is InChI=1S/C12H8Cl2N2O2/c13-8-2-1-3-9(14)11(8)16-12(18)7-4-5-15-10(17)6-7/h1-6H,(H,15,17)(H,16,18). The zero-order chi connectivity index (χ0) is 13.1. The van der Waals surface area contributed by atoms with E-state index >= 15 is 0 Å². The molecule has 2 rings (SSSR count). The summed E-state index contributed by atoms with van der Waals surface area (Å²) >= 11 is 11.9. The Labute approximate surface area is 113 Å². The third-order valence-corrected chi connectivity index (χ3v) is 2.87. The van der Waals surface area contributed by atoms with Gasteiger partial charge in [-0.25, -0.2) is 0 Å². The number of aromatic amines is 1. The van der Waals surface area contributed by atoms with E-state index in [0.717, 1.165) is 0 Å². The fraction of sp³-hybridized carbons (Fsp3) is 0. The second kappa shape index (κ2) is 5.25. The van der Waals surface area contributed by atoms with Crippen molar-refractivity contribution >= 4 is 34.8 Å². The van der Waals surface area contributed by atoms with Crippen molar-refractivity contribution in [1.29, 1.82) is 0 Å². The number of rotatable bonds is 2. The molecule has 1 amide bonds. The Morgan fingerprint density at radius 1 is 1.17 bits per heavy atom. The minimum atomic E-state index is -0.448. The molecule has 1 aromatic carbocycles. The molecule has 0 saturated heterocycles. The summed E-state index contributed by atoms with van der Waals surface area (Å²) in [5.41, 5.74) is 0.203. The zero-order valence-electron chi connectivity index (χ0n) is 9.04. The van der Waals surface area contributed by atoms with Crippen LogP contribution in [0.3, 0.4) is 0 Å². The molecular formula is C12H8Cl2N2O2. The maximum absolute atomic E-state index is 11.9. The predicted octanol–water partition coefficient (Wildman–Crippen LogP) is 2.93. The smallest absolute Gasteiger partial charge is 0.255 e. The van der Waals surface area contributed by atoms with Crippen LogP contribution >= 0.6 is 23.2 Å². The summed E-state index contributed by atoms with van der Waals surface area (Å²) in [5.74, 6) is -0.448. The van der Waals surface area contributed by atoms with Crippen LogP contribution in [0.1, 0.15) is 10.4 Å². The van der Waals surface area contributed by atoms with E-state index in [1.807, 2.05) is 0 Å². The second-order valence-electron chi connectivity index (χ2n) is 3.49. The van der Waals surface area contributed by atoms with E-state index in [2.05, 4.69) is 10.3 Å². The fourth-order valence-corrected chi connectivity index (χ4v) is 1.88. The summed E-state index contributed by atoms with van der Waals surface area (Å²) < 4.78 is 0. The summed E-state index contributed by atoms with van der Waals surface area (Å²) in [4.78, 5) is 25.4. The van der Waals surface area contributed by atoms with Crippen LogP contribution in [0.15, 0.2) is 41.3 Å². The average molecular weight is 283 g/mol. The number of halogens is 2. The van der Waals surface area contributed by atoms with Gasteiger partial charge >= 0.3 is 0 Å². The SMILES string of the molecule is O=C(Nc1c(Cl)cccc1Cl)c1cc[nH]c(=O)c1. The minimum Gasteiger partial charge on any atom is -0.329 e. The Bertz CT molecular complexity index is 632. The van der Waals surface area contributed by atoms with Crippen LogP contribution in [0.2, 0.25) is 10.0 Å². The van der Waals surface area contributed by atoms with Crippen molar-refractivity contribution in [2.45, 2.75) is 0 Å². The zero-order valence-corrected chi connectivity index (χ0v) is 10.5. The first-order valence-corrected chi connectivity index (χ1v) is 5.77. The Hall–Kier alpha value is -1.78. The van der Waals surface area contributed by atoms with Gasteiger partial charge in [-0.1, -0.05) is 29.3 Å². The molecule has 6 heteroatoms. The van der Waals surface area contributed by atoms with Gasteiger partial charge in [-0.3, -0.25) is 9.59 Å². The van der Waals surface area contributed by atoms with Crippen molar-refractivity contribution in [3.8, 4) is 0 Å². The lowest BCUT2D eigenvalue weighted by Gasteiger charge is -2.08. The third kappa shape index (κ3) is 2.72. The van der Waals surface area contributed by atoms with Gasteiger partial charge in [0.15, 0.2) is 0 Å². The molecule has 0 atom stereocenters. The van der Waals surface area contributed by atoms with Crippen LogP contribution in [-0.2, 0) is 0 Å². The number of H-pyrrole nitrogens is 1. The summed E-state index contributed by atoms with van der Waals surface area (Å²) in [6.07, 6.45) is 1.39. The van der Waals surface area contributed by atoms with Gasteiger partial charge in [0.25, 0.3) is 5.91 Å². The van der Waals surface area contributed by atoms with Crippen LogP contribution < -0.4 is 10.9 Å². The van der Waals surface area contributed by atoms with Gasteiger partial charge in [0, 0.05) is 17.8 Å². The van der Waals surface area contributed by atoms with Gasteiger partial charge < -0.3 is 10.3 Å². The minimum absolute atomic E-state index is 0.231. The van der Waals surface area contributed by atoms with Crippen molar-refractivity contribution in [3.05, 3.63) is 62.5 Å². The van der Waals surface area contributed by atoms with Crippen molar-refractivity contribution in [2.75, 3.05) is 5.32 Å². The largest absolute Gasteiger partial charge is 0.329 e. The van der Waals surface area contributed by atoms with Gasteiger partial charge in [0.05, 0.1) is 15.7 Å². The van der Waals surface area contributed by atoms with Crippen molar-refractivity contribution in [2.24, 2.45) is 0 Å². The number of pyridine rings is 1. The molecule has 0 unspecified atom stereocenters. The molecule has 0 fully saturated rings. The number of benzene rings is 1. The number of hydrogen-bond acceptors (Lipinski definition) is 2. The lowest BCUT2D eigenvalue weighted by molar-refractivity contribution is 0.102. The molecule has 0 aliphatic rings. The monoisotopic (exact) mass is 282 g/mol. The Kier molecular flexibility index (Phi) is 3.69. The molecule has 1 heterocycles. The predicted molar refractivity (Wildman–Crippen MR) is 71.5 cm³/mol. The Morgan fingerprint density at radius 3 is 2.44 bits per heavy atom. The molecule has 2 aromatic rings. The number of amides is 1. The maximum Gasteiger partial charge on any atom is 0.255 e. The lowest BCUT2D eigenvalue weighted by atomic mass is 10.2. The first-order chi connectivity index (χ1) is 8.58. The number of aromatic nitrogens is 1. The molecule has 0 saturated carbocycles. The fourth-order valence-electron chi connectivity index (χ4n) is 1.39. The second-order valence-corrected chi connectivity index (χ2v) is 4.31. The summed E-state index contributed by atoms with van der Waals surface area (Å²) in [6, 6.07) is 7.58. The van der Waals surface area contributed by atoms with Gasteiger partial charge in [-0.15, -0.1) is 0 Å². The van der Waals surface area contributed by atoms with E-state index in [1.165, 1.54) is 18.3 Å². The van der Waals surface area contributed by atoms with Crippen LogP contribution in [0.4, 0.5) is 5.69 Å². The van der Waals surface area contributed by atoms with E-state index in [0.29, 0.717) is 15.7 Å². The van der Waals surface area contributed by atoms with E-state index in [4.69, 9.17) is 23.2 Å². The van der Waals surface area contributed by atoms with Crippen LogP contribution in [0.25, 0.3) is 0 Å². The molecule has 0 aliphatic carbocycles. The average Bonchev–Trinajstić information content (AvgIpc) is 2.34. The molecule has 0 spiro atoms. The van der Waals surface area contributed by atoms with Gasteiger partial charge in [0.1, 0.15) is 0 Å². The highest BCUT2D eigenvalue weighted by atomic mass is 35.5. The van der Waals surface area contributed by atoms with Crippen LogP contribution in [0, 0.1) is 0 Å². The maximum atomic E-state index is 11.9. The summed E-state index contributed by atoms with van der Waals surface area (Å²) in [6.45, 7) is 0. The normalized spacial score (nSPS) is 10.1. The van der Waals surface area contributed by atoms with E-state index < -0.39 is 5.91 Å². The number of nitrogens with one attached hydrogen (secondary N) is 2. The first kappa shape index (κ1) is 12.7. The van der Waals surface area contributed by atoms with Crippen molar-refractivity contribution in [3.63, 3.8) is 0 Å². The molecule has 0 radical (unpaired) electrons. The van der Waals surface area contributed by atoms with Gasteiger partial charge in [-0.2, -0.15) is 0 Å². The van der Waals surface area contributed by atoms with Gasteiger partial charge in [-0.05, 0) is 18.2 Å². The quantitative estimate of drug-likeness (QED) is 0.890. The molecule has 0 bridgehead atoms. The molecule has 1 aromatic heterocycles. The van der Waals surface area contributed by atoms with Crippen LogP contribution in [0.5, 0.6) is 0 Å². The number of para-hydroxylation sites is 1.